The molecule has 0 aromatic heterocycles. The van der Waals surface area contributed by atoms with E-state index in [0.717, 1.165) is 12.0 Å². The summed E-state index contributed by atoms with van der Waals surface area (Å²) in [5.74, 6) is 0.659. The first-order chi connectivity index (χ1) is 8.67. The minimum absolute atomic E-state index is 0.0152. The van der Waals surface area contributed by atoms with Crippen LogP contribution in [0, 0.1) is 0 Å². The lowest BCUT2D eigenvalue weighted by Crippen LogP contribution is -2.22. The molecule has 1 rings (SSSR count). The number of ether oxygens (including phenoxy) is 2. The van der Waals surface area contributed by atoms with Gasteiger partial charge in [-0.1, -0.05) is 6.07 Å². The first-order valence-electron chi connectivity index (χ1n) is 5.85. The Hall–Kier alpha value is -1.75. The Labute approximate surface area is 107 Å². The van der Waals surface area contributed by atoms with Crippen LogP contribution in [-0.4, -0.2) is 26.7 Å². The Bertz CT molecular complexity index is 394. The smallest absolute Gasteiger partial charge is 0.220 e. The monoisotopic (exact) mass is 252 g/mol. The van der Waals surface area contributed by atoms with Gasteiger partial charge in [0.1, 0.15) is 5.75 Å². The van der Waals surface area contributed by atoms with Crippen LogP contribution < -0.4 is 15.8 Å². The highest BCUT2D eigenvalue weighted by Gasteiger charge is 2.03. The average molecular weight is 252 g/mol. The number of hydrogen-bond donors (Lipinski definition) is 2. The standard InChI is InChI=1S/C13H20N2O3/c1-17-7-3-4-13(16)15-9-10-5-6-12(18-2)11(14)8-10/h5-6,8H,3-4,7,9,14H2,1-2H3,(H,15,16). The topological polar surface area (TPSA) is 73.6 Å². The number of amides is 1. The van der Waals surface area contributed by atoms with Gasteiger partial charge in [-0.2, -0.15) is 0 Å². The quantitative estimate of drug-likeness (QED) is 0.567. The maximum absolute atomic E-state index is 11.5. The SMILES string of the molecule is COCCCC(=O)NCc1ccc(OC)c(N)c1. The Kier molecular flexibility index (Phi) is 6.00. The van der Waals surface area contributed by atoms with Gasteiger partial charge in [0.15, 0.2) is 0 Å². The lowest BCUT2D eigenvalue weighted by atomic mass is 10.2. The normalized spacial score (nSPS) is 10.1. The van der Waals surface area contributed by atoms with Crippen LogP contribution in [0.3, 0.4) is 0 Å². The summed E-state index contributed by atoms with van der Waals surface area (Å²) in [6.45, 7) is 1.07. The van der Waals surface area contributed by atoms with Crippen molar-refractivity contribution in [1.82, 2.24) is 5.32 Å². The average Bonchev–Trinajstić information content (AvgIpc) is 2.37. The van der Waals surface area contributed by atoms with E-state index >= 15 is 0 Å². The lowest BCUT2D eigenvalue weighted by molar-refractivity contribution is -0.121. The van der Waals surface area contributed by atoms with E-state index in [-0.39, 0.29) is 5.91 Å². The predicted octanol–water partition coefficient (Wildman–Crippen LogP) is 1.32. The zero-order valence-corrected chi connectivity index (χ0v) is 10.9. The summed E-state index contributed by atoms with van der Waals surface area (Å²) in [4.78, 5) is 11.5. The highest BCUT2D eigenvalue weighted by molar-refractivity contribution is 5.75. The number of nitrogen functional groups attached to an aromatic ring is 1. The Balaban J connectivity index is 2.39. The molecule has 0 aliphatic heterocycles. The van der Waals surface area contributed by atoms with E-state index in [4.69, 9.17) is 15.2 Å². The molecule has 0 heterocycles. The third-order valence-electron chi connectivity index (χ3n) is 2.54. The second kappa shape index (κ2) is 7.55. The van der Waals surface area contributed by atoms with Crippen LogP contribution in [-0.2, 0) is 16.1 Å². The molecular formula is C13H20N2O3. The summed E-state index contributed by atoms with van der Waals surface area (Å²) in [5, 5.41) is 2.83. The van der Waals surface area contributed by atoms with Crippen molar-refractivity contribution in [2.45, 2.75) is 19.4 Å². The maximum atomic E-state index is 11.5. The van der Waals surface area contributed by atoms with Gasteiger partial charge in [0.05, 0.1) is 12.8 Å². The molecule has 3 N–H and O–H groups in total. The molecular weight excluding hydrogens is 232 g/mol. The first kappa shape index (κ1) is 14.3. The van der Waals surface area contributed by atoms with Gasteiger partial charge in [-0.05, 0) is 24.1 Å². The molecule has 1 aromatic rings. The van der Waals surface area contributed by atoms with Gasteiger partial charge < -0.3 is 20.5 Å². The molecule has 0 radical (unpaired) electrons. The molecule has 0 saturated carbocycles. The predicted molar refractivity (Wildman–Crippen MR) is 70.4 cm³/mol. The third kappa shape index (κ3) is 4.63. The van der Waals surface area contributed by atoms with Crippen molar-refractivity contribution < 1.29 is 14.3 Å². The van der Waals surface area contributed by atoms with Crippen LogP contribution >= 0.6 is 0 Å². The molecule has 0 spiro atoms. The molecule has 18 heavy (non-hydrogen) atoms. The fourth-order valence-corrected chi connectivity index (χ4v) is 1.56. The zero-order chi connectivity index (χ0) is 13.4. The van der Waals surface area contributed by atoms with Crippen LogP contribution in [0.2, 0.25) is 0 Å². The van der Waals surface area contributed by atoms with Crippen LogP contribution in [0.15, 0.2) is 18.2 Å². The molecule has 5 heteroatoms. The summed E-state index contributed by atoms with van der Waals surface area (Å²) in [6.07, 6.45) is 1.20. The van der Waals surface area contributed by atoms with Gasteiger partial charge in [0.25, 0.3) is 0 Å². The lowest BCUT2D eigenvalue weighted by Gasteiger charge is -2.08. The van der Waals surface area contributed by atoms with E-state index in [9.17, 15) is 4.79 Å². The second-order valence-electron chi connectivity index (χ2n) is 3.95. The van der Waals surface area contributed by atoms with Gasteiger partial charge in [0, 0.05) is 26.7 Å². The van der Waals surface area contributed by atoms with E-state index < -0.39 is 0 Å². The van der Waals surface area contributed by atoms with Gasteiger partial charge in [-0.25, -0.2) is 0 Å². The fraction of sp³-hybridized carbons (Fsp3) is 0.462. The van der Waals surface area contributed by atoms with Gasteiger partial charge >= 0.3 is 0 Å². The van der Waals surface area contributed by atoms with E-state index in [0.29, 0.717) is 31.0 Å². The number of methoxy groups -OCH3 is 2. The molecule has 0 aliphatic carbocycles. The van der Waals surface area contributed by atoms with Crippen molar-refractivity contribution in [2.75, 3.05) is 26.6 Å². The summed E-state index contributed by atoms with van der Waals surface area (Å²) in [7, 11) is 3.20. The number of anilines is 1. The van der Waals surface area contributed by atoms with Gasteiger partial charge in [-0.15, -0.1) is 0 Å². The number of rotatable bonds is 7. The zero-order valence-electron chi connectivity index (χ0n) is 10.9. The van der Waals surface area contributed by atoms with Crippen LogP contribution in [0.5, 0.6) is 5.75 Å². The molecule has 1 aromatic carbocycles. The van der Waals surface area contributed by atoms with Crippen molar-refractivity contribution in [3.8, 4) is 5.75 Å². The van der Waals surface area contributed by atoms with E-state index in [1.807, 2.05) is 6.07 Å². The summed E-state index contributed by atoms with van der Waals surface area (Å²) >= 11 is 0. The number of carbonyl (C=O) groups is 1. The summed E-state index contributed by atoms with van der Waals surface area (Å²) < 4.78 is 9.95. The Morgan fingerprint density at radius 2 is 2.17 bits per heavy atom. The van der Waals surface area contributed by atoms with E-state index in [1.54, 1.807) is 26.4 Å². The fourth-order valence-electron chi connectivity index (χ4n) is 1.56. The Morgan fingerprint density at radius 1 is 1.39 bits per heavy atom. The minimum atomic E-state index is 0.0152. The number of hydrogen-bond acceptors (Lipinski definition) is 4. The second-order valence-corrected chi connectivity index (χ2v) is 3.95. The number of nitrogens with one attached hydrogen (secondary N) is 1. The number of nitrogens with two attached hydrogens (primary N) is 1. The molecule has 0 aliphatic rings. The molecule has 5 nitrogen and oxygen atoms in total. The van der Waals surface area contributed by atoms with Crippen molar-refractivity contribution in [3.63, 3.8) is 0 Å². The maximum Gasteiger partial charge on any atom is 0.220 e. The van der Waals surface area contributed by atoms with Gasteiger partial charge in [-0.3, -0.25) is 4.79 Å². The molecule has 0 bridgehead atoms. The molecule has 0 fully saturated rings. The van der Waals surface area contributed by atoms with Crippen molar-refractivity contribution in [1.29, 1.82) is 0 Å². The van der Waals surface area contributed by atoms with E-state index in [1.165, 1.54) is 0 Å². The third-order valence-corrected chi connectivity index (χ3v) is 2.54. The van der Waals surface area contributed by atoms with Crippen molar-refractivity contribution in [2.24, 2.45) is 0 Å². The van der Waals surface area contributed by atoms with Crippen molar-refractivity contribution in [3.05, 3.63) is 23.8 Å². The minimum Gasteiger partial charge on any atom is -0.495 e. The van der Waals surface area contributed by atoms with Gasteiger partial charge in [0.2, 0.25) is 5.91 Å². The van der Waals surface area contributed by atoms with E-state index in [2.05, 4.69) is 5.32 Å². The largest absolute Gasteiger partial charge is 0.495 e. The van der Waals surface area contributed by atoms with Crippen LogP contribution in [0.1, 0.15) is 18.4 Å². The van der Waals surface area contributed by atoms with Crippen LogP contribution in [0.4, 0.5) is 5.69 Å². The molecule has 100 valence electrons. The van der Waals surface area contributed by atoms with Crippen molar-refractivity contribution >= 4 is 11.6 Å². The number of carbonyl (C=O) groups excluding carboxylic acids is 1. The summed E-state index contributed by atoms with van der Waals surface area (Å²) in [6, 6.07) is 5.47. The molecule has 0 saturated heterocycles. The molecule has 0 atom stereocenters. The summed E-state index contributed by atoms with van der Waals surface area (Å²) in [5.41, 5.74) is 7.31. The van der Waals surface area contributed by atoms with Crippen LogP contribution in [0.25, 0.3) is 0 Å². The number of benzene rings is 1. The first-order valence-corrected chi connectivity index (χ1v) is 5.85. The molecule has 0 unspecified atom stereocenters. The Morgan fingerprint density at radius 3 is 2.78 bits per heavy atom. The molecule has 1 amide bonds. The highest BCUT2D eigenvalue weighted by atomic mass is 16.5. The highest BCUT2D eigenvalue weighted by Crippen LogP contribution is 2.21.